The number of hydrogen-bond acceptors (Lipinski definition) is 4. The van der Waals surface area contributed by atoms with Gasteiger partial charge in [-0.3, -0.25) is 0 Å². The molecule has 0 bridgehead atoms. The van der Waals surface area contributed by atoms with Crippen LogP contribution in [0.2, 0.25) is 0 Å². The van der Waals surface area contributed by atoms with E-state index in [1.165, 1.54) is 12.1 Å². The van der Waals surface area contributed by atoms with Gasteiger partial charge in [-0.15, -0.1) is 0 Å². The normalized spacial score (nSPS) is 11.2. The summed E-state index contributed by atoms with van der Waals surface area (Å²) in [5, 5.41) is 5.82. The molecule has 106 valence electrons. The molecule has 0 fully saturated rings. The van der Waals surface area contributed by atoms with E-state index in [0.717, 1.165) is 17.7 Å². The molecule has 20 heavy (non-hydrogen) atoms. The fraction of sp³-hybridized carbons (Fsp3) is 0.231. The second-order valence-corrected chi connectivity index (χ2v) is 4.06. The Kier molecular flexibility index (Phi) is 4.07. The molecular formula is C13H13F3N4. The van der Waals surface area contributed by atoms with Crippen molar-refractivity contribution in [2.24, 2.45) is 0 Å². The van der Waals surface area contributed by atoms with Crippen molar-refractivity contribution >= 4 is 11.8 Å². The van der Waals surface area contributed by atoms with Gasteiger partial charge in [0.15, 0.2) is 0 Å². The SMILES string of the molecule is CNc1nccc(NCc2ccc(C(F)(F)F)cc2)n1. The van der Waals surface area contributed by atoms with Crippen molar-refractivity contribution < 1.29 is 13.2 Å². The molecule has 0 atom stereocenters. The molecule has 7 heteroatoms. The molecule has 0 aliphatic carbocycles. The smallest absolute Gasteiger partial charge is 0.366 e. The Bertz CT molecular complexity index is 567. The zero-order chi connectivity index (χ0) is 14.6. The van der Waals surface area contributed by atoms with Crippen molar-refractivity contribution in [1.82, 2.24) is 9.97 Å². The van der Waals surface area contributed by atoms with E-state index in [1.807, 2.05) is 0 Å². The molecule has 2 aromatic rings. The molecule has 0 aliphatic rings. The third kappa shape index (κ3) is 3.59. The van der Waals surface area contributed by atoms with Crippen LogP contribution in [0.15, 0.2) is 36.5 Å². The van der Waals surface area contributed by atoms with Crippen molar-refractivity contribution in [1.29, 1.82) is 0 Å². The number of alkyl halides is 3. The van der Waals surface area contributed by atoms with Gasteiger partial charge in [0, 0.05) is 19.8 Å². The molecular weight excluding hydrogens is 269 g/mol. The Morgan fingerprint density at radius 1 is 1.10 bits per heavy atom. The zero-order valence-corrected chi connectivity index (χ0v) is 10.7. The molecule has 1 heterocycles. The predicted molar refractivity (Wildman–Crippen MR) is 70.3 cm³/mol. The molecule has 0 unspecified atom stereocenters. The van der Waals surface area contributed by atoms with Gasteiger partial charge in [-0.1, -0.05) is 12.1 Å². The Balaban J connectivity index is 2.00. The third-order valence-electron chi connectivity index (χ3n) is 2.63. The van der Waals surface area contributed by atoms with Gasteiger partial charge in [-0.2, -0.15) is 18.2 Å². The zero-order valence-electron chi connectivity index (χ0n) is 10.7. The minimum absolute atomic E-state index is 0.387. The maximum absolute atomic E-state index is 12.4. The Hall–Kier alpha value is -2.31. The maximum atomic E-state index is 12.4. The van der Waals surface area contributed by atoms with Crippen molar-refractivity contribution in [3.63, 3.8) is 0 Å². The third-order valence-corrected chi connectivity index (χ3v) is 2.63. The minimum atomic E-state index is -4.31. The molecule has 0 spiro atoms. The molecule has 2 rings (SSSR count). The van der Waals surface area contributed by atoms with E-state index in [0.29, 0.717) is 18.3 Å². The summed E-state index contributed by atoms with van der Waals surface area (Å²) in [6.45, 7) is 0.387. The van der Waals surface area contributed by atoms with Crippen molar-refractivity contribution in [2.45, 2.75) is 12.7 Å². The fourth-order valence-corrected chi connectivity index (χ4v) is 1.58. The summed E-state index contributed by atoms with van der Waals surface area (Å²) in [5.74, 6) is 1.08. The number of nitrogens with zero attached hydrogens (tertiary/aromatic N) is 2. The highest BCUT2D eigenvalue weighted by Crippen LogP contribution is 2.29. The van der Waals surface area contributed by atoms with Gasteiger partial charge < -0.3 is 10.6 Å². The second-order valence-electron chi connectivity index (χ2n) is 4.06. The molecule has 0 aliphatic heterocycles. The van der Waals surface area contributed by atoms with Crippen LogP contribution in [0.1, 0.15) is 11.1 Å². The first kappa shape index (κ1) is 14.1. The molecule has 0 amide bonds. The van der Waals surface area contributed by atoms with Gasteiger partial charge >= 0.3 is 6.18 Å². The van der Waals surface area contributed by atoms with E-state index in [9.17, 15) is 13.2 Å². The molecule has 1 aromatic heterocycles. The van der Waals surface area contributed by atoms with E-state index >= 15 is 0 Å². The number of hydrogen-bond donors (Lipinski definition) is 2. The average Bonchev–Trinajstić information content (AvgIpc) is 2.45. The van der Waals surface area contributed by atoms with E-state index in [4.69, 9.17) is 0 Å². The summed E-state index contributed by atoms with van der Waals surface area (Å²) in [4.78, 5) is 8.11. The minimum Gasteiger partial charge on any atom is -0.366 e. The van der Waals surface area contributed by atoms with Crippen LogP contribution in [0.3, 0.4) is 0 Å². The van der Waals surface area contributed by atoms with Gasteiger partial charge in [0.25, 0.3) is 0 Å². The quantitative estimate of drug-likeness (QED) is 0.904. The molecule has 1 aromatic carbocycles. The monoisotopic (exact) mass is 282 g/mol. The highest BCUT2D eigenvalue weighted by molar-refractivity contribution is 5.40. The first-order valence-corrected chi connectivity index (χ1v) is 5.90. The summed E-state index contributed by atoms with van der Waals surface area (Å²) in [6.07, 6.45) is -2.71. The van der Waals surface area contributed by atoms with Crippen molar-refractivity contribution in [2.75, 3.05) is 17.7 Å². The summed E-state index contributed by atoms with van der Waals surface area (Å²) in [7, 11) is 1.70. The molecule has 4 nitrogen and oxygen atoms in total. The lowest BCUT2D eigenvalue weighted by Gasteiger charge is -2.09. The highest BCUT2D eigenvalue weighted by Gasteiger charge is 2.29. The standard InChI is InChI=1S/C13H13F3N4/c1-17-12-18-7-6-11(20-12)19-8-9-2-4-10(5-3-9)13(14,15)16/h2-7H,8H2,1H3,(H2,17,18,19,20). The lowest BCUT2D eigenvalue weighted by molar-refractivity contribution is -0.137. The first-order valence-electron chi connectivity index (χ1n) is 5.90. The fourth-order valence-electron chi connectivity index (χ4n) is 1.58. The highest BCUT2D eigenvalue weighted by atomic mass is 19.4. The number of rotatable bonds is 4. The van der Waals surface area contributed by atoms with Gasteiger partial charge in [0.05, 0.1) is 5.56 Å². The van der Waals surface area contributed by atoms with Crippen LogP contribution in [0.5, 0.6) is 0 Å². The van der Waals surface area contributed by atoms with Gasteiger partial charge in [0.2, 0.25) is 5.95 Å². The van der Waals surface area contributed by atoms with Crippen LogP contribution >= 0.6 is 0 Å². The van der Waals surface area contributed by atoms with Crippen LogP contribution in [0.4, 0.5) is 24.9 Å². The van der Waals surface area contributed by atoms with Crippen LogP contribution in [0, 0.1) is 0 Å². The van der Waals surface area contributed by atoms with Crippen molar-refractivity contribution in [3.05, 3.63) is 47.7 Å². The molecule has 0 radical (unpaired) electrons. The Morgan fingerprint density at radius 3 is 2.40 bits per heavy atom. The van der Waals surface area contributed by atoms with E-state index < -0.39 is 11.7 Å². The predicted octanol–water partition coefficient (Wildman–Crippen LogP) is 3.15. The van der Waals surface area contributed by atoms with Gasteiger partial charge in [-0.25, -0.2) is 4.98 Å². The van der Waals surface area contributed by atoms with Crippen LogP contribution in [-0.2, 0) is 12.7 Å². The molecule has 0 saturated heterocycles. The summed E-state index contributed by atoms with van der Waals surface area (Å²) >= 11 is 0. The maximum Gasteiger partial charge on any atom is 0.416 e. The topological polar surface area (TPSA) is 49.8 Å². The van der Waals surface area contributed by atoms with Gasteiger partial charge in [-0.05, 0) is 23.8 Å². The summed E-state index contributed by atoms with van der Waals surface area (Å²) in [6, 6.07) is 6.70. The first-order chi connectivity index (χ1) is 9.49. The number of anilines is 2. The second kappa shape index (κ2) is 5.77. The Morgan fingerprint density at radius 2 is 1.80 bits per heavy atom. The summed E-state index contributed by atoms with van der Waals surface area (Å²) in [5.41, 5.74) is 0.0865. The Labute approximate surface area is 114 Å². The van der Waals surface area contributed by atoms with E-state index in [1.54, 1.807) is 19.3 Å². The number of nitrogens with one attached hydrogen (secondary N) is 2. The van der Waals surface area contributed by atoms with Crippen LogP contribution in [-0.4, -0.2) is 17.0 Å². The van der Waals surface area contributed by atoms with Gasteiger partial charge in [0.1, 0.15) is 5.82 Å². The lowest BCUT2D eigenvalue weighted by atomic mass is 10.1. The number of halogens is 3. The van der Waals surface area contributed by atoms with E-state index in [2.05, 4.69) is 20.6 Å². The molecule has 0 saturated carbocycles. The number of benzene rings is 1. The van der Waals surface area contributed by atoms with E-state index in [-0.39, 0.29) is 0 Å². The van der Waals surface area contributed by atoms with Crippen molar-refractivity contribution in [3.8, 4) is 0 Å². The molecule has 2 N–H and O–H groups in total. The summed E-state index contributed by atoms with van der Waals surface area (Å²) < 4.78 is 37.2. The van der Waals surface area contributed by atoms with Crippen LogP contribution < -0.4 is 10.6 Å². The van der Waals surface area contributed by atoms with Crippen LogP contribution in [0.25, 0.3) is 0 Å². The number of aromatic nitrogens is 2. The largest absolute Gasteiger partial charge is 0.416 e. The lowest BCUT2D eigenvalue weighted by Crippen LogP contribution is -2.06. The average molecular weight is 282 g/mol.